The molecule has 0 aliphatic heterocycles. The maximum absolute atomic E-state index is 13.7. The van der Waals surface area contributed by atoms with Crippen LogP contribution < -0.4 is 10.5 Å². The van der Waals surface area contributed by atoms with Crippen LogP contribution in [0.3, 0.4) is 0 Å². The second-order valence-electron chi connectivity index (χ2n) is 6.88. The first-order valence-electron chi connectivity index (χ1n) is 9.58. The molecule has 2 aromatic carbocycles. The monoisotopic (exact) mass is 474 g/mol. The molecule has 0 atom stereocenters. The van der Waals surface area contributed by atoms with Gasteiger partial charge in [-0.1, -0.05) is 12.1 Å². The molecular formula is C21H19FN4O6S. The maximum Gasteiger partial charge on any atom is 0.404 e. The molecule has 172 valence electrons. The predicted octanol–water partition coefficient (Wildman–Crippen LogP) is 2.20. The highest BCUT2D eigenvalue weighted by Crippen LogP contribution is 2.25. The van der Waals surface area contributed by atoms with E-state index in [9.17, 15) is 27.7 Å². The van der Waals surface area contributed by atoms with Crippen LogP contribution in [0.15, 0.2) is 47.4 Å². The first-order chi connectivity index (χ1) is 15.7. The summed E-state index contributed by atoms with van der Waals surface area (Å²) in [6, 6.07) is 11.7. The lowest BCUT2D eigenvalue weighted by atomic mass is 10.1. The Bertz CT molecular complexity index is 1360. The number of hydrogen-bond donors (Lipinski definition) is 3. The number of halogens is 1. The molecule has 0 fully saturated rings. The number of rotatable bonds is 8. The molecule has 3 rings (SSSR count). The van der Waals surface area contributed by atoms with Crippen LogP contribution in [0.1, 0.15) is 16.8 Å². The lowest BCUT2D eigenvalue weighted by Crippen LogP contribution is -2.24. The summed E-state index contributed by atoms with van der Waals surface area (Å²) in [5.41, 5.74) is 7.28. The summed E-state index contributed by atoms with van der Waals surface area (Å²) in [5, 5.41) is 10.8. The van der Waals surface area contributed by atoms with Gasteiger partial charge < -0.3 is 15.5 Å². The van der Waals surface area contributed by atoms with Gasteiger partial charge in [0.2, 0.25) is 10.0 Å². The Hall–Kier alpha value is -3.95. The van der Waals surface area contributed by atoms with Gasteiger partial charge in [-0.2, -0.15) is 0 Å². The maximum atomic E-state index is 13.7. The van der Waals surface area contributed by atoms with E-state index in [1.807, 2.05) is 0 Å². The number of aromatic nitrogens is 1. The number of fused-ring (bicyclic) bond motifs is 1. The molecule has 0 saturated carbocycles. The number of carbonyl (C=O) groups is 1. The Morgan fingerprint density at radius 2 is 1.97 bits per heavy atom. The Morgan fingerprint density at radius 3 is 2.64 bits per heavy atom. The molecule has 1 amide bonds. The summed E-state index contributed by atoms with van der Waals surface area (Å²) in [6.45, 7) is -0.181. The molecule has 3 aromatic rings. The number of nitrogens with one attached hydrogen (secondary N) is 2. The predicted molar refractivity (Wildman–Crippen MR) is 116 cm³/mol. The molecule has 0 aliphatic carbocycles. The van der Waals surface area contributed by atoms with Crippen LogP contribution in [0.5, 0.6) is 0 Å². The zero-order valence-electron chi connectivity index (χ0n) is 17.1. The first kappa shape index (κ1) is 23.7. The summed E-state index contributed by atoms with van der Waals surface area (Å²) in [4.78, 5) is 23.4. The molecule has 0 spiro atoms. The van der Waals surface area contributed by atoms with Crippen LogP contribution in [0, 0.1) is 27.9 Å². The van der Waals surface area contributed by atoms with Crippen molar-refractivity contribution in [1.29, 1.82) is 0 Å². The third-order valence-corrected chi connectivity index (χ3v) is 6.11. The summed E-state index contributed by atoms with van der Waals surface area (Å²) in [5.74, 6) is 1.90. The van der Waals surface area contributed by atoms with E-state index in [1.165, 1.54) is 42.5 Å². The van der Waals surface area contributed by atoms with Crippen LogP contribution in [0.25, 0.3) is 10.9 Å². The number of benzene rings is 2. The quantitative estimate of drug-likeness (QED) is 0.197. The molecule has 33 heavy (non-hydrogen) atoms. The number of nitrogens with zero attached hydrogens (tertiary/aromatic N) is 1. The lowest BCUT2D eigenvalue weighted by Gasteiger charge is -2.09. The molecule has 0 bridgehead atoms. The molecule has 0 saturated heterocycles. The minimum atomic E-state index is -3.90. The van der Waals surface area contributed by atoms with Crippen molar-refractivity contribution in [2.24, 2.45) is 5.73 Å². The molecule has 4 N–H and O–H groups in total. The fourth-order valence-electron chi connectivity index (χ4n) is 3.21. The Labute approximate surface area is 188 Å². The van der Waals surface area contributed by atoms with E-state index in [-0.39, 0.29) is 30.9 Å². The number of nitrogens with two attached hydrogens (primary N) is 1. The second kappa shape index (κ2) is 10.1. The molecule has 0 radical (unpaired) electrons. The minimum Gasteiger partial charge on any atom is -0.449 e. The lowest BCUT2D eigenvalue weighted by molar-refractivity contribution is -0.379. The third-order valence-electron chi connectivity index (χ3n) is 4.69. The minimum absolute atomic E-state index is 0.00532. The van der Waals surface area contributed by atoms with Gasteiger partial charge >= 0.3 is 6.09 Å². The van der Waals surface area contributed by atoms with Crippen LogP contribution in [-0.2, 0) is 34.1 Å². The molecule has 1 aromatic heterocycles. The fourth-order valence-corrected chi connectivity index (χ4v) is 4.20. The SMILES string of the molecule is NC(=O)OCCc1c(CNS(=O)(=O)c2ccc(CC#C[N+](=O)[O-])cc2)[nH]c2ccc(F)cc12. The molecule has 10 nitrogen and oxygen atoms in total. The molecule has 12 heteroatoms. The normalized spacial score (nSPS) is 11.1. The standard InChI is InChI=1S/C21H19FN4O6S/c22-15-5-8-19-18(12-15)17(9-11-32-21(23)27)20(25-19)13-24-33(30,31)16-6-3-14(4-7-16)2-1-10-26(28)29/h3-8,12,24-25H,2,9,11,13H2,(H2,23,27). The van der Waals surface area contributed by atoms with Crippen LogP contribution >= 0.6 is 0 Å². The zero-order chi connectivity index (χ0) is 24.0. The summed E-state index contributed by atoms with van der Waals surface area (Å²) < 4.78 is 46.4. The highest BCUT2D eigenvalue weighted by Gasteiger charge is 2.18. The number of nitro groups is 1. The Morgan fingerprint density at radius 1 is 1.24 bits per heavy atom. The fraction of sp³-hybridized carbons (Fsp3) is 0.190. The molecule has 0 aliphatic rings. The van der Waals surface area contributed by atoms with E-state index < -0.39 is 26.9 Å². The number of amides is 1. The zero-order valence-corrected chi connectivity index (χ0v) is 17.9. The van der Waals surface area contributed by atoms with E-state index in [4.69, 9.17) is 10.5 Å². The van der Waals surface area contributed by atoms with Crippen molar-refractivity contribution in [3.8, 4) is 12.0 Å². The van der Waals surface area contributed by atoms with Crippen molar-refractivity contribution in [3.63, 3.8) is 0 Å². The number of sulfonamides is 1. The van der Waals surface area contributed by atoms with Gasteiger partial charge in [-0.25, -0.2) is 32.4 Å². The van der Waals surface area contributed by atoms with E-state index >= 15 is 0 Å². The highest BCUT2D eigenvalue weighted by molar-refractivity contribution is 7.89. The van der Waals surface area contributed by atoms with Crippen molar-refractivity contribution < 1.29 is 27.3 Å². The average molecular weight is 474 g/mol. The van der Waals surface area contributed by atoms with Crippen LogP contribution in [0.2, 0.25) is 0 Å². The number of carbonyl (C=O) groups excluding carboxylic acids is 1. The second-order valence-corrected chi connectivity index (χ2v) is 8.65. The Kier molecular flexibility index (Phi) is 7.27. The van der Waals surface area contributed by atoms with Gasteiger partial charge in [0.15, 0.2) is 0 Å². The largest absolute Gasteiger partial charge is 0.449 e. The first-order valence-corrected chi connectivity index (χ1v) is 11.1. The van der Waals surface area contributed by atoms with Gasteiger partial charge in [0, 0.05) is 29.4 Å². The van der Waals surface area contributed by atoms with Crippen LogP contribution in [-0.4, -0.2) is 31.0 Å². The van der Waals surface area contributed by atoms with Gasteiger partial charge in [0.1, 0.15) is 10.7 Å². The van der Waals surface area contributed by atoms with Crippen LogP contribution in [0.4, 0.5) is 9.18 Å². The Balaban J connectivity index is 1.77. The van der Waals surface area contributed by atoms with Crippen molar-refractivity contribution >= 4 is 27.0 Å². The third kappa shape index (κ3) is 6.28. The van der Waals surface area contributed by atoms with E-state index in [0.29, 0.717) is 27.7 Å². The highest BCUT2D eigenvalue weighted by atomic mass is 32.2. The van der Waals surface area contributed by atoms with Crippen molar-refractivity contribution in [2.45, 2.75) is 24.3 Å². The number of aromatic amines is 1. The number of primary amides is 1. The van der Waals surface area contributed by atoms with E-state index in [0.717, 1.165) is 0 Å². The number of hydrogen-bond acceptors (Lipinski definition) is 6. The van der Waals surface area contributed by atoms with Gasteiger partial charge in [0.05, 0.1) is 18.0 Å². The van der Waals surface area contributed by atoms with E-state index in [1.54, 1.807) is 6.04 Å². The molecular weight excluding hydrogens is 455 g/mol. The average Bonchev–Trinajstić information content (AvgIpc) is 3.09. The summed E-state index contributed by atoms with van der Waals surface area (Å²) in [7, 11) is -3.90. The smallest absolute Gasteiger partial charge is 0.404 e. The van der Waals surface area contributed by atoms with Crippen molar-refractivity contribution in [2.75, 3.05) is 6.61 Å². The van der Waals surface area contributed by atoms with Gasteiger partial charge in [-0.3, -0.25) is 0 Å². The molecule has 1 heterocycles. The van der Waals surface area contributed by atoms with Crippen molar-refractivity contribution in [1.82, 2.24) is 9.71 Å². The summed E-state index contributed by atoms with van der Waals surface area (Å²) >= 11 is 0. The van der Waals surface area contributed by atoms with Crippen molar-refractivity contribution in [3.05, 3.63) is 75.2 Å². The van der Waals surface area contributed by atoms with Gasteiger partial charge in [-0.15, -0.1) is 0 Å². The number of ether oxygens (including phenoxy) is 1. The molecule has 0 unspecified atom stereocenters. The van der Waals surface area contributed by atoms with Gasteiger partial charge in [-0.05, 0) is 47.4 Å². The van der Waals surface area contributed by atoms with E-state index in [2.05, 4.69) is 15.6 Å². The van der Waals surface area contributed by atoms with Gasteiger partial charge in [0.25, 0.3) is 6.04 Å². The summed E-state index contributed by atoms with van der Waals surface area (Å²) in [6.07, 6.45) is -0.642. The number of H-pyrrole nitrogens is 1. The topological polar surface area (TPSA) is 157 Å².